The van der Waals surface area contributed by atoms with Crippen LogP contribution in [0.25, 0.3) is 33.0 Å². The summed E-state index contributed by atoms with van der Waals surface area (Å²) < 4.78 is 4.21. The average Bonchev–Trinajstić information content (AvgIpc) is 3.70. The molecule has 0 bridgehead atoms. The van der Waals surface area contributed by atoms with Crippen molar-refractivity contribution in [2.75, 3.05) is 5.32 Å². The van der Waals surface area contributed by atoms with Crippen LogP contribution in [-0.2, 0) is 14.1 Å². The molecule has 42 heavy (non-hydrogen) atoms. The number of nitrogens with zero attached hydrogens (tertiary/aromatic N) is 6. The molecule has 0 fully saturated rings. The maximum atomic E-state index is 14.3. The molecule has 7 aromatic rings. The molecule has 0 spiro atoms. The van der Waals surface area contributed by atoms with E-state index in [1.54, 1.807) is 36.9 Å². The number of anilines is 2. The van der Waals surface area contributed by atoms with Crippen LogP contribution in [0.1, 0.15) is 23.1 Å². The summed E-state index contributed by atoms with van der Waals surface area (Å²) in [4.78, 5) is 43.8. The van der Waals surface area contributed by atoms with Crippen molar-refractivity contribution < 1.29 is 0 Å². The number of H-pyrrole nitrogens is 2. The lowest BCUT2D eigenvalue weighted by Gasteiger charge is -2.18. The van der Waals surface area contributed by atoms with Gasteiger partial charge in [-0.1, -0.05) is 35.9 Å². The van der Waals surface area contributed by atoms with E-state index in [2.05, 4.69) is 25.3 Å². The molecule has 0 saturated carbocycles. The van der Waals surface area contributed by atoms with E-state index in [9.17, 15) is 9.59 Å². The second-order valence-electron chi connectivity index (χ2n) is 9.99. The average molecular weight is 576 g/mol. The van der Waals surface area contributed by atoms with Crippen LogP contribution in [-0.4, -0.2) is 33.6 Å². The van der Waals surface area contributed by atoms with Crippen molar-refractivity contribution in [3.63, 3.8) is 0 Å². The molecule has 0 aliphatic heterocycles. The Morgan fingerprint density at radius 3 is 2.45 bits per heavy atom. The molecule has 0 saturated heterocycles. The van der Waals surface area contributed by atoms with E-state index >= 15 is 0 Å². The zero-order valence-corrected chi connectivity index (χ0v) is 23.1. The number of nitriles is 1. The molecule has 3 N–H and O–H groups in total. The van der Waals surface area contributed by atoms with Crippen LogP contribution in [0.15, 0.2) is 82.5 Å². The summed E-state index contributed by atoms with van der Waals surface area (Å²) in [5.41, 5.74) is 3.19. The van der Waals surface area contributed by atoms with Crippen molar-refractivity contribution in [2.45, 2.75) is 6.04 Å². The molecular formula is C30H22ClN9O2. The van der Waals surface area contributed by atoms with Gasteiger partial charge >= 0.3 is 5.69 Å². The zero-order chi connectivity index (χ0) is 29.1. The van der Waals surface area contributed by atoms with Crippen LogP contribution in [0.3, 0.4) is 0 Å². The summed E-state index contributed by atoms with van der Waals surface area (Å²) in [6.45, 7) is 0. The number of hydrogen-bond acceptors (Lipinski definition) is 6. The Kier molecular flexibility index (Phi) is 5.74. The number of halogens is 1. The Morgan fingerprint density at radius 2 is 1.71 bits per heavy atom. The number of pyridine rings is 1. The van der Waals surface area contributed by atoms with Gasteiger partial charge < -0.3 is 19.9 Å². The number of imidazole rings is 1. The Labute approximate surface area is 242 Å². The summed E-state index contributed by atoms with van der Waals surface area (Å²) in [5, 5.41) is 14.5. The SMILES string of the molecule is Cn1c(Nc2ccc(C#N)nc2)nc2c1c(=O)n(C(c1cc3ccccc3[nH]1)c1cc3c(Cl)cccc3[nH]1)c(=O)n2C. The topological polar surface area (TPSA) is 142 Å². The predicted molar refractivity (Wildman–Crippen MR) is 161 cm³/mol. The number of aryl methyl sites for hydroxylation is 2. The van der Waals surface area contributed by atoms with Gasteiger partial charge in [-0.15, -0.1) is 0 Å². The van der Waals surface area contributed by atoms with Crippen molar-refractivity contribution in [3.05, 3.63) is 116 Å². The van der Waals surface area contributed by atoms with Gasteiger partial charge in [0.05, 0.1) is 11.9 Å². The first-order valence-corrected chi connectivity index (χ1v) is 13.4. The highest BCUT2D eigenvalue weighted by atomic mass is 35.5. The molecule has 206 valence electrons. The first-order valence-electron chi connectivity index (χ1n) is 13.0. The summed E-state index contributed by atoms with van der Waals surface area (Å²) in [5.74, 6) is 0.334. The van der Waals surface area contributed by atoms with Crippen molar-refractivity contribution in [2.24, 2.45) is 14.1 Å². The highest BCUT2D eigenvalue weighted by molar-refractivity contribution is 6.35. The fourth-order valence-electron chi connectivity index (χ4n) is 5.39. The first kappa shape index (κ1) is 25.4. The summed E-state index contributed by atoms with van der Waals surface area (Å²) in [7, 11) is 3.29. The lowest BCUT2D eigenvalue weighted by atomic mass is 10.1. The molecule has 5 heterocycles. The summed E-state index contributed by atoms with van der Waals surface area (Å²) >= 11 is 6.50. The minimum absolute atomic E-state index is 0.225. The van der Waals surface area contributed by atoms with E-state index in [1.807, 2.05) is 54.6 Å². The molecule has 0 aliphatic carbocycles. The number of benzene rings is 2. The van der Waals surface area contributed by atoms with E-state index in [0.29, 0.717) is 28.0 Å². The molecule has 0 radical (unpaired) electrons. The van der Waals surface area contributed by atoms with Crippen molar-refractivity contribution in [1.29, 1.82) is 5.26 Å². The lowest BCUT2D eigenvalue weighted by molar-refractivity contribution is 0.568. The van der Waals surface area contributed by atoms with Gasteiger partial charge in [0, 0.05) is 46.9 Å². The summed E-state index contributed by atoms with van der Waals surface area (Å²) in [6.07, 6.45) is 1.50. The van der Waals surface area contributed by atoms with Crippen LogP contribution in [0.5, 0.6) is 0 Å². The number of fused-ring (bicyclic) bond motifs is 3. The monoisotopic (exact) mass is 575 g/mol. The van der Waals surface area contributed by atoms with Crippen LogP contribution in [0.4, 0.5) is 11.6 Å². The molecule has 5 aromatic heterocycles. The number of aromatic nitrogens is 7. The number of hydrogen-bond donors (Lipinski definition) is 3. The number of rotatable bonds is 5. The molecule has 0 aliphatic rings. The Balaban J connectivity index is 1.47. The molecular weight excluding hydrogens is 554 g/mol. The molecule has 1 atom stereocenters. The minimum atomic E-state index is -0.828. The Hall–Kier alpha value is -5.60. The molecule has 1 unspecified atom stereocenters. The standard InChI is InChI=1S/C30H22ClN9O2/c1-38-26-27(37-29(38)34-18-11-10-17(14-32)33-15-18)39(2)30(42)40(28(26)41)25(23-12-16-6-3-4-8-21(16)35-23)24-13-19-20(31)7-5-9-22(19)36-24/h3-13,15,25,35-36H,1-2H3,(H,34,37). The van der Waals surface area contributed by atoms with E-state index in [-0.39, 0.29) is 16.9 Å². The van der Waals surface area contributed by atoms with Crippen LogP contribution >= 0.6 is 11.6 Å². The third-order valence-corrected chi connectivity index (χ3v) is 7.80. The molecule has 12 heteroatoms. The molecule has 0 amide bonds. The Bertz CT molecular complexity index is 2300. The van der Waals surface area contributed by atoms with E-state index in [1.165, 1.54) is 15.3 Å². The number of nitrogens with one attached hydrogen (secondary N) is 3. The number of para-hydroxylation sites is 1. The van der Waals surface area contributed by atoms with Gasteiger partial charge in [0.1, 0.15) is 17.8 Å². The molecule has 11 nitrogen and oxygen atoms in total. The quantitative estimate of drug-likeness (QED) is 0.272. The summed E-state index contributed by atoms with van der Waals surface area (Å²) in [6, 6.07) is 21.5. The second-order valence-corrected chi connectivity index (χ2v) is 10.4. The van der Waals surface area contributed by atoms with Gasteiger partial charge in [0.2, 0.25) is 5.95 Å². The maximum Gasteiger partial charge on any atom is 0.333 e. The smallest absolute Gasteiger partial charge is 0.333 e. The van der Waals surface area contributed by atoms with Crippen molar-refractivity contribution >= 4 is 56.2 Å². The largest absolute Gasteiger partial charge is 0.356 e. The fourth-order valence-corrected chi connectivity index (χ4v) is 5.62. The van der Waals surface area contributed by atoms with E-state index in [4.69, 9.17) is 16.9 Å². The van der Waals surface area contributed by atoms with Crippen molar-refractivity contribution in [1.82, 2.24) is 33.6 Å². The third kappa shape index (κ3) is 3.88. The molecule has 7 rings (SSSR count). The predicted octanol–water partition coefficient (Wildman–Crippen LogP) is 4.70. The van der Waals surface area contributed by atoms with Gasteiger partial charge in [0.25, 0.3) is 5.56 Å². The zero-order valence-electron chi connectivity index (χ0n) is 22.4. The van der Waals surface area contributed by atoms with Gasteiger partial charge in [-0.2, -0.15) is 10.2 Å². The van der Waals surface area contributed by atoms with Gasteiger partial charge in [0.15, 0.2) is 11.2 Å². The van der Waals surface area contributed by atoms with Gasteiger partial charge in [-0.3, -0.25) is 9.36 Å². The first-order chi connectivity index (χ1) is 20.3. The van der Waals surface area contributed by atoms with E-state index < -0.39 is 17.3 Å². The van der Waals surface area contributed by atoms with Crippen molar-refractivity contribution in [3.8, 4) is 6.07 Å². The second kappa shape index (κ2) is 9.50. The lowest BCUT2D eigenvalue weighted by Crippen LogP contribution is -2.42. The highest BCUT2D eigenvalue weighted by Crippen LogP contribution is 2.32. The van der Waals surface area contributed by atoms with Crippen LogP contribution in [0, 0.1) is 11.3 Å². The Morgan fingerprint density at radius 1 is 0.952 bits per heavy atom. The number of aromatic amines is 2. The highest BCUT2D eigenvalue weighted by Gasteiger charge is 2.28. The normalized spacial score (nSPS) is 12.2. The molecule has 2 aromatic carbocycles. The van der Waals surface area contributed by atoms with Gasteiger partial charge in [-0.25, -0.2) is 14.3 Å². The van der Waals surface area contributed by atoms with E-state index in [0.717, 1.165) is 21.8 Å². The fraction of sp³-hybridized carbons (Fsp3) is 0.100. The van der Waals surface area contributed by atoms with Crippen LogP contribution in [0.2, 0.25) is 5.02 Å². The maximum absolute atomic E-state index is 14.3. The third-order valence-electron chi connectivity index (χ3n) is 7.47. The minimum Gasteiger partial charge on any atom is -0.356 e. The van der Waals surface area contributed by atoms with Gasteiger partial charge in [-0.05, 0) is 47.9 Å². The van der Waals surface area contributed by atoms with Crippen LogP contribution < -0.4 is 16.6 Å².